The zero-order valence-corrected chi connectivity index (χ0v) is 27.0. The fraction of sp³-hybridized carbons (Fsp3) is 0.333. The Kier molecular flexibility index (Phi) is 9.07. The van der Waals surface area contributed by atoms with Gasteiger partial charge in [-0.2, -0.15) is 0 Å². The van der Waals surface area contributed by atoms with Crippen molar-refractivity contribution >= 4 is 23.6 Å². The summed E-state index contributed by atoms with van der Waals surface area (Å²) in [4.78, 5) is 65.9. The zero-order valence-electron chi connectivity index (χ0n) is 27.0. The lowest BCUT2D eigenvalue weighted by molar-refractivity contribution is -0.125. The van der Waals surface area contributed by atoms with Gasteiger partial charge in [0.2, 0.25) is 11.7 Å². The van der Waals surface area contributed by atoms with Crippen LogP contribution in [0.2, 0.25) is 0 Å². The molecule has 13 heteroatoms. The van der Waals surface area contributed by atoms with Gasteiger partial charge in [0.05, 0.1) is 36.7 Å². The molecule has 252 valence electrons. The number of hydrogen-bond donors (Lipinski definition) is 2. The standard InChI is InChI=1S/C36H36N6O7/c1-22-33(48-21-39-22)36(46)41-12-10-31-30(18-41)40-32(43)19-42(27-8-9-27)35(45)25-14-24(34(44)38-17-26-6-2-3-11-37-26)15-29(16-25)49-28-7-4-5-23(13-28)20-47-31/h2-7,11,13-16,21,27,30-31H,8-10,12,17-20H2,1H3,(H,38,44)(H,40,43)/t30-,31+/m1/s1. The molecule has 2 aliphatic heterocycles. The molecule has 0 unspecified atom stereocenters. The first-order valence-electron chi connectivity index (χ1n) is 16.3. The van der Waals surface area contributed by atoms with Crippen LogP contribution in [0.3, 0.4) is 0 Å². The minimum absolute atomic E-state index is 0.120. The topological polar surface area (TPSA) is 156 Å². The highest BCUT2D eigenvalue weighted by Gasteiger charge is 2.38. The van der Waals surface area contributed by atoms with E-state index < -0.39 is 24.0 Å². The third-order valence-electron chi connectivity index (χ3n) is 8.86. The molecule has 4 heterocycles. The van der Waals surface area contributed by atoms with Crippen molar-refractivity contribution in [3.63, 3.8) is 0 Å². The Hall–Kier alpha value is -5.56. The maximum Gasteiger partial charge on any atom is 0.291 e. The van der Waals surface area contributed by atoms with Crippen LogP contribution in [0.15, 0.2) is 77.7 Å². The number of fused-ring (bicyclic) bond motifs is 5. The lowest BCUT2D eigenvalue weighted by Crippen LogP contribution is -2.58. The first-order valence-corrected chi connectivity index (χ1v) is 16.3. The van der Waals surface area contributed by atoms with Crippen molar-refractivity contribution in [3.8, 4) is 11.5 Å². The fourth-order valence-electron chi connectivity index (χ4n) is 6.16. The van der Waals surface area contributed by atoms with Gasteiger partial charge < -0.3 is 34.3 Å². The predicted molar refractivity (Wildman–Crippen MR) is 175 cm³/mol. The molecular weight excluding hydrogens is 628 g/mol. The normalized spacial score (nSPS) is 19.8. The Morgan fingerprint density at radius 1 is 1.00 bits per heavy atom. The Morgan fingerprint density at radius 3 is 2.65 bits per heavy atom. The molecule has 4 aromatic rings. The number of likely N-dealkylation sites (tertiary alicyclic amines) is 1. The third kappa shape index (κ3) is 7.46. The first-order chi connectivity index (χ1) is 23.8. The van der Waals surface area contributed by atoms with Crippen LogP contribution in [0.5, 0.6) is 11.5 Å². The molecule has 1 saturated carbocycles. The summed E-state index contributed by atoms with van der Waals surface area (Å²) >= 11 is 0. The zero-order chi connectivity index (χ0) is 33.9. The van der Waals surface area contributed by atoms with E-state index in [1.807, 2.05) is 24.3 Å². The SMILES string of the molecule is Cc1ncoc1C(=O)N1CC[C@@H]2OCc3cccc(c3)Oc3cc(C(=O)NCc4ccccn4)cc(c3)C(=O)N(C3CC3)CC(=O)N[C@@H]2C1. The largest absolute Gasteiger partial charge is 0.457 e. The van der Waals surface area contributed by atoms with E-state index in [0.717, 1.165) is 18.4 Å². The molecule has 13 nitrogen and oxygen atoms in total. The van der Waals surface area contributed by atoms with Crippen molar-refractivity contribution in [3.05, 3.63) is 107 Å². The monoisotopic (exact) mass is 664 g/mol. The van der Waals surface area contributed by atoms with Gasteiger partial charge in [-0.15, -0.1) is 0 Å². The summed E-state index contributed by atoms with van der Waals surface area (Å²) in [7, 11) is 0. The van der Waals surface area contributed by atoms with E-state index in [0.29, 0.717) is 35.9 Å². The number of carbonyl (C=O) groups is 4. The van der Waals surface area contributed by atoms with Crippen LogP contribution in [0.1, 0.15) is 67.5 Å². The van der Waals surface area contributed by atoms with Crippen molar-refractivity contribution in [2.45, 2.75) is 57.5 Å². The molecule has 4 bridgehead atoms. The highest BCUT2D eigenvalue weighted by atomic mass is 16.5. The number of nitrogens with one attached hydrogen (secondary N) is 2. The summed E-state index contributed by atoms with van der Waals surface area (Å²) in [5, 5.41) is 5.92. The van der Waals surface area contributed by atoms with Crippen LogP contribution in [-0.2, 0) is 22.7 Å². The van der Waals surface area contributed by atoms with Crippen LogP contribution in [-0.4, -0.2) is 81.2 Å². The molecule has 3 aliphatic rings. The molecular formula is C36H36N6O7. The molecule has 4 amide bonds. The van der Waals surface area contributed by atoms with Gasteiger partial charge >= 0.3 is 0 Å². The summed E-state index contributed by atoms with van der Waals surface area (Å²) in [6, 6.07) is 16.8. The molecule has 0 spiro atoms. The van der Waals surface area contributed by atoms with E-state index in [1.165, 1.54) is 17.4 Å². The third-order valence-corrected chi connectivity index (χ3v) is 8.86. The Labute approximate surface area is 282 Å². The molecule has 49 heavy (non-hydrogen) atoms. The van der Waals surface area contributed by atoms with Crippen molar-refractivity contribution in [2.75, 3.05) is 19.6 Å². The number of pyridine rings is 1. The van der Waals surface area contributed by atoms with Crippen LogP contribution >= 0.6 is 0 Å². The van der Waals surface area contributed by atoms with Gasteiger partial charge in [0.15, 0.2) is 6.39 Å². The van der Waals surface area contributed by atoms with Crippen LogP contribution in [0.4, 0.5) is 0 Å². The number of aryl methyl sites for hydroxylation is 1. The minimum atomic E-state index is -0.547. The van der Waals surface area contributed by atoms with Crippen molar-refractivity contribution in [2.24, 2.45) is 0 Å². The van der Waals surface area contributed by atoms with Gasteiger partial charge in [0, 0.05) is 36.5 Å². The molecule has 2 atom stereocenters. The van der Waals surface area contributed by atoms with Crippen molar-refractivity contribution in [1.29, 1.82) is 0 Å². The van der Waals surface area contributed by atoms with Gasteiger partial charge in [-0.3, -0.25) is 24.2 Å². The quantitative estimate of drug-likeness (QED) is 0.325. The molecule has 0 radical (unpaired) electrons. The maximum absolute atomic E-state index is 14.1. The summed E-state index contributed by atoms with van der Waals surface area (Å²) in [6.07, 6.45) is 4.48. The minimum Gasteiger partial charge on any atom is -0.457 e. The molecule has 2 aromatic heterocycles. The lowest BCUT2D eigenvalue weighted by Gasteiger charge is -2.38. The van der Waals surface area contributed by atoms with E-state index in [2.05, 4.69) is 20.6 Å². The number of ether oxygens (including phenoxy) is 2. The second-order valence-corrected chi connectivity index (χ2v) is 12.5. The molecule has 2 fully saturated rings. The van der Waals surface area contributed by atoms with E-state index in [9.17, 15) is 19.2 Å². The Morgan fingerprint density at radius 2 is 1.88 bits per heavy atom. The van der Waals surface area contributed by atoms with Gasteiger partial charge in [-0.1, -0.05) is 18.2 Å². The van der Waals surface area contributed by atoms with Crippen LogP contribution < -0.4 is 15.4 Å². The van der Waals surface area contributed by atoms with E-state index in [1.54, 1.807) is 48.4 Å². The number of amides is 4. The summed E-state index contributed by atoms with van der Waals surface area (Å²) in [6.45, 7) is 2.53. The lowest BCUT2D eigenvalue weighted by atomic mass is 10.0. The highest BCUT2D eigenvalue weighted by Crippen LogP contribution is 2.31. The smallest absolute Gasteiger partial charge is 0.291 e. The molecule has 1 aliphatic carbocycles. The van der Waals surface area contributed by atoms with Gasteiger partial charge in [0.1, 0.15) is 18.0 Å². The second-order valence-electron chi connectivity index (χ2n) is 12.5. The highest BCUT2D eigenvalue weighted by molar-refractivity contribution is 6.01. The average molecular weight is 665 g/mol. The van der Waals surface area contributed by atoms with Crippen molar-refractivity contribution < 1.29 is 33.1 Å². The summed E-state index contributed by atoms with van der Waals surface area (Å²) in [5.74, 6) is -0.513. The first kappa shape index (κ1) is 32.0. The number of piperidine rings is 1. The molecule has 7 rings (SSSR count). The van der Waals surface area contributed by atoms with E-state index in [4.69, 9.17) is 13.9 Å². The number of benzene rings is 2. The Bertz CT molecular complexity index is 1870. The Balaban J connectivity index is 1.18. The maximum atomic E-state index is 14.1. The van der Waals surface area contributed by atoms with Crippen LogP contribution in [0, 0.1) is 6.92 Å². The molecule has 2 aromatic carbocycles. The average Bonchev–Trinajstić information content (AvgIpc) is 3.87. The second kappa shape index (κ2) is 13.9. The molecule has 2 N–H and O–H groups in total. The number of carbonyl (C=O) groups excluding carboxylic acids is 4. The predicted octanol–water partition coefficient (Wildman–Crippen LogP) is 3.63. The van der Waals surface area contributed by atoms with Crippen molar-refractivity contribution in [1.82, 2.24) is 30.4 Å². The van der Waals surface area contributed by atoms with Crippen LogP contribution in [0.25, 0.3) is 0 Å². The summed E-state index contributed by atoms with van der Waals surface area (Å²) < 4.78 is 17.9. The number of aromatic nitrogens is 2. The van der Waals surface area contributed by atoms with Gasteiger partial charge in [0.25, 0.3) is 17.7 Å². The van der Waals surface area contributed by atoms with Gasteiger partial charge in [-0.25, -0.2) is 4.98 Å². The number of rotatable bonds is 5. The summed E-state index contributed by atoms with van der Waals surface area (Å²) in [5.41, 5.74) is 2.46. The number of oxazole rings is 1. The molecule has 1 saturated heterocycles. The van der Waals surface area contributed by atoms with Gasteiger partial charge in [-0.05, 0) is 74.2 Å². The number of nitrogens with zero attached hydrogens (tertiary/aromatic N) is 4. The fourth-order valence-corrected chi connectivity index (χ4v) is 6.16. The van der Waals surface area contributed by atoms with E-state index in [-0.39, 0.29) is 61.0 Å². The van der Waals surface area contributed by atoms with E-state index >= 15 is 0 Å². The number of hydrogen-bond acceptors (Lipinski definition) is 9.